The van der Waals surface area contributed by atoms with Crippen molar-refractivity contribution in [3.8, 4) is 5.75 Å². The molecule has 5 nitrogen and oxygen atoms in total. The largest absolute Gasteiger partial charge is 0.421 e. The maximum atomic E-state index is 12.9. The molecule has 0 N–H and O–H groups in total. The Morgan fingerprint density at radius 1 is 0.963 bits per heavy atom. The Morgan fingerprint density at radius 3 is 2.37 bits per heavy atom. The number of nitrogens with zero attached hydrogens (tertiary/aromatic N) is 1. The van der Waals surface area contributed by atoms with E-state index in [0.29, 0.717) is 18.1 Å². The van der Waals surface area contributed by atoms with Crippen LogP contribution in [0.2, 0.25) is 10.0 Å². The lowest BCUT2D eigenvalue weighted by molar-refractivity contribution is 0.0734. The molecule has 2 aromatic rings. The molecule has 3 rings (SSSR count). The van der Waals surface area contributed by atoms with Crippen molar-refractivity contribution in [2.45, 2.75) is 30.6 Å². The van der Waals surface area contributed by atoms with Gasteiger partial charge in [-0.25, -0.2) is 13.2 Å². The van der Waals surface area contributed by atoms with E-state index in [1.807, 2.05) is 0 Å². The second kappa shape index (κ2) is 8.61. The topological polar surface area (TPSA) is 63.7 Å². The maximum absolute atomic E-state index is 12.9. The Labute approximate surface area is 168 Å². The molecule has 1 heterocycles. The Balaban J connectivity index is 1.84. The molecule has 27 heavy (non-hydrogen) atoms. The Bertz CT molecular complexity index is 938. The van der Waals surface area contributed by atoms with Crippen LogP contribution in [-0.4, -0.2) is 31.8 Å². The third-order valence-corrected chi connectivity index (χ3v) is 6.81. The second-order valence-electron chi connectivity index (χ2n) is 6.31. The molecule has 0 bridgehead atoms. The van der Waals surface area contributed by atoms with Gasteiger partial charge in [-0.05, 0) is 43.2 Å². The smallest absolute Gasteiger partial charge is 0.343 e. The van der Waals surface area contributed by atoms with Gasteiger partial charge in [0, 0.05) is 24.2 Å². The molecule has 0 amide bonds. The highest BCUT2D eigenvalue weighted by molar-refractivity contribution is 7.89. The molecule has 144 valence electrons. The van der Waals surface area contributed by atoms with Crippen LogP contribution in [0.1, 0.15) is 36.0 Å². The van der Waals surface area contributed by atoms with E-state index < -0.39 is 16.0 Å². The maximum Gasteiger partial charge on any atom is 0.343 e. The first-order valence-corrected chi connectivity index (χ1v) is 10.8. The normalized spacial score (nSPS) is 15.9. The van der Waals surface area contributed by atoms with Crippen molar-refractivity contribution in [2.75, 3.05) is 13.1 Å². The van der Waals surface area contributed by atoms with Gasteiger partial charge in [-0.2, -0.15) is 4.31 Å². The van der Waals surface area contributed by atoms with Crippen molar-refractivity contribution >= 4 is 39.2 Å². The van der Waals surface area contributed by atoms with Gasteiger partial charge in [0.25, 0.3) is 0 Å². The molecular formula is C19H19Cl2NO4S. The molecule has 1 aliphatic heterocycles. The number of benzene rings is 2. The fourth-order valence-electron chi connectivity index (χ4n) is 2.93. The average molecular weight is 428 g/mol. The summed E-state index contributed by atoms with van der Waals surface area (Å²) in [6, 6.07) is 10.4. The third-order valence-electron chi connectivity index (χ3n) is 4.37. The SMILES string of the molecule is O=C(Oc1cc(Cl)ccc1Cl)c1cccc(S(=O)(=O)N2CCCCCC2)c1. The quantitative estimate of drug-likeness (QED) is 0.520. The summed E-state index contributed by atoms with van der Waals surface area (Å²) in [5.74, 6) is -0.581. The Kier molecular flexibility index (Phi) is 6.42. The minimum atomic E-state index is -3.65. The van der Waals surface area contributed by atoms with Gasteiger partial charge in [0.05, 0.1) is 15.5 Å². The summed E-state index contributed by atoms with van der Waals surface area (Å²) < 4.78 is 32.6. The fraction of sp³-hybridized carbons (Fsp3) is 0.316. The van der Waals surface area contributed by atoms with Crippen LogP contribution in [-0.2, 0) is 10.0 Å². The molecule has 1 aliphatic rings. The van der Waals surface area contributed by atoms with E-state index in [1.165, 1.54) is 40.7 Å². The molecular weight excluding hydrogens is 409 g/mol. The summed E-state index contributed by atoms with van der Waals surface area (Å²) in [6.45, 7) is 0.990. The molecule has 0 aliphatic carbocycles. The van der Waals surface area contributed by atoms with E-state index in [1.54, 1.807) is 6.07 Å². The monoisotopic (exact) mass is 427 g/mol. The van der Waals surface area contributed by atoms with Crippen LogP contribution >= 0.6 is 23.2 Å². The molecule has 1 fully saturated rings. The first kappa shape index (κ1) is 20.1. The van der Waals surface area contributed by atoms with Crippen molar-refractivity contribution in [1.29, 1.82) is 0 Å². The Hall–Kier alpha value is -1.60. The predicted molar refractivity (Wildman–Crippen MR) is 105 cm³/mol. The zero-order valence-corrected chi connectivity index (χ0v) is 16.9. The molecule has 2 aromatic carbocycles. The minimum absolute atomic E-state index is 0.0797. The lowest BCUT2D eigenvalue weighted by Gasteiger charge is -2.20. The number of ether oxygens (including phenoxy) is 1. The molecule has 0 atom stereocenters. The van der Waals surface area contributed by atoms with Crippen LogP contribution in [0.3, 0.4) is 0 Å². The summed E-state index contributed by atoms with van der Waals surface area (Å²) in [5.41, 5.74) is 0.127. The number of halogens is 2. The first-order valence-electron chi connectivity index (χ1n) is 8.65. The fourth-order valence-corrected chi connectivity index (χ4v) is 4.81. The van der Waals surface area contributed by atoms with Crippen LogP contribution in [0, 0.1) is 0 Å². The van der Waals surface area contributed by atoms with Crippen LogP contribution in [0.4, 0.5) is 0 Å². The van der Waals surface area contributed by atoms with Crippen LogP contribution in [0.15, 0.2) is 47.4 Å². The standard InChI is InChI=1S/C19H19Cl2NO4S/c20-15-8-9-17(21)18(13-15)26-19(23)14-6-5-7-16(12-14)27(24,25)22-10-3-1-2-4-11-22/h5-9,12-13H,1-4,10-11H2. The number of esters is 1. The summed E-state index contributed by atoms with van der Waals surface area (Å²) in [4.78, 5) is 12.5. The van der Waals surface area contributed by atoms with E-state index in [2.05, 4.69) is 0 Å². The van der Waals surface area contributed by atoms with Crippen molar-refractivity contribution < 1.29 is 17.9 Å². The molecule has 0 spiro atoms. The van der Waals surface area contributed by atoms with Crippen molar-refractivity contribution in [3.05, 3.63) is 58.1 Å². The van der Waals surface area contributed by atoms with E-state index in [9.17, 15) is 13.2 Å². The Morgan fingerprint density at radius 2 is 1.67 bits per heavy atom. The van der Waals surface area contributed by atoms with Gasteiger partial charge < -0.3 is 4.74 Å². The van der Waals surface area contributed by atoms with Gasteiger partial charge in [-0.1, -0.05) is 42.1 Å². The van der Waals surface area contributed by atoms with Gasteiger partial charge in [0.15, 0.2) is 5.75 Å². The first-order chi connectivity index (χ1) is 12.9. The van der Waals surface area contributed by atoms with E-state index in [4.69, 9.17) is 27.9 Å². The molecule has 0 saturated carbocycles. The van der Waals surface area contributed by atoms with Crippen LogP contribution < -0.4 is 4.74 Å². The zero-order valence-electron chi connectivity index (χ0n) is 14.5. The number of carbonyl (C=O) groups is 1. The van der Waals surface area contributed by atoms with Crippen molar-refractivity contribution in [1.82, 2.24) is 4.31 Å². The number of hydrogen-bond donors (Lipinski definition) is 0. The van der Waals surface area contributed by atoms with E-state index in [-0.39, 0.29) is 21.2 Å². The van der Waals surface area contributed by atoms with Gasteiger partial charge in [-0.3, -0.25) is 0 Å². The summed E-state index contributed by atoms with van der Waals surface area (Å²) >= 11 is 11.9. The van der Waals surface area contributed by atoms with Gasteiger partial charge in [0.2, 0.25) is 10.0 Å². The molecule has 1 saturated heterocycles. The van der Waals surface area contributed by atoms with Crippen LogP contribution in [0.25, 0.3) is 0 Å². The van der Waals surface area contributed by atoms with Crippen molar-refractivity contribution in [2.24, 2.45) is 0 Å². The zero-order chi connectivity index (χ0) is 19.4. The minimum Gasteiger partial charge on any atom is -0.421 e. The summed E-state index contributed by atoms with van der Waals surface area (Å²) in [5, 5.41) is 0.612. The highest BCUT2D eigenvalue weighted by atomic mass is 35.5. The van der Waals surface area contributed by atoms with Gasteiger partial charge in [-0.15, -0.1) is 0 Å². The molecule has 0 unspecified atom stereocenters. The molecule has 8 heteroatoms. The average Bonchev–Trinajstić information content (AvgIpc) is 2.95. The highest BCUT2D eigenvalue weighted by Gasteiger charge is 2.26. The second-order valence-corrected chi connectivity index (χ2v) is 9.09. The summed E-state index contributed by atoms with van der Waals surface area (Å²) in [6.07, 6.45) is 3.74. The van der Waals surface area contributed by atoms with Gasteiger partial charge in [0.1, 0.15) is 0 Å². The predicted octanol–water partition coefficient (Wildman–Crippen LogP) is 4.78. The van der Waals surface area contributed by atoms with Crippen molar-refractivity contribution in [3.63, 3.8) is 0 Å². The number of carbonyl (C=O) groups excluding carboxylic acids is 1. The van der Waals surface area contributed by atoms with E-state index >= 15 is 0 Å². The third kappa shape index (κ3) is 4.82. The lowest BCUT2D eigenvalue weighted by Crippen LogP contribution is -2.32. The number of hydrogen-bond acceptors (Lipinski definition) is 4. The number of rotatable bonds is 4. The number of sulfonamides is 1. The molecule has 0 aromatic heterocycles. The molecule has 0 radical (unpaired) electrons. The van der Waals surface area contributed by atoms with E-state index in [0.717, 1.165) is 25.7 Å². The lowest BCUT2D eigenvalue weighted by atomic mass is 10.2. The van der Waals surface area contributed by atoms with Gasteiger partial charge >= 0.3 is 5.97 Å². The highest BCUT2D eigenvalue weighted by Crippen LogP contribution is 2.29. The van der Waals surface area contributed by atoms with Crippen LogP contribution in [0.5, 0.6) is 5.75 Å². The summed E-state index contributed by atoms with van der Waals surface area (Å²) in [7, 11) is -3.65.